The van der Waals surface area contributed by atoms with Crippen LogP contribution in [0.5, 0.6) is 11.5 Å². The van der Waals surface area contributed by atoms with Gasteiger partial charge in [0.15, 0.2) is 11.5 Å². The van der Waals surface area contributed by atoms with Crippen LogP contribution in [-0.2, 0) is 0 Å². The van der Waals surface area contributed by atoms with Gasteiger partial charge in [-0.25, -0.2) is 0 Å². The molecule has 2 heteroatoms. The molecule has 1 aromatic carbocycles. The predicted octanol–water partition coefficient (Wildman–Crippen LogP) is 2.79. The fourth-order valence-corrected chi connectivity index (χ4v) is 1.11. The summed E-state index contributed by atoms with van der Waals surface area (Å²) in [5.74, 6) is 1.64. The first-order chi connectivity index (χ1) is 6.27. The van der Waals surface area contributed by atoms with Gasteiger partial charge in [-0.05, 0) is 31.0 Å². The fraction of sp³-hybridized carbons (Fsp3) is 0.455. The second-order valence-corrected chi connectivity index (χ2v) is 3.00. The first-order valence-electron chi connectivity index (χ1n) is 4.55. The van der Waals surface area contributed by atoms with Crippen molar-refractivity contribution >= 4 is 0 Å². The quantitative estimate of drug-likeness (QED) is 0.709. The van der Waals surface area contributed by atoms with Gasteiger partial charge < -0.3 is 9.47 Å². The van der Waals surface area contributed by atoms with Crippen LogP contribution in [0.3, 0.4) is 0 Å². The van der Waals surface area contributed by atoms with Crippen molar-refractivity contribution in [3.8, 4) is 11.5 Å². The maximum absolute atomic E-state index is 5.53. The largest absolute Gasteiger partial charge is 0.493 e. The Morgan fingerprint density at radius 3 is 2.62 bits per heavy atom. The van der Waals surface area contributed by atoms with Crippen LogP contribution in [0.1, 0.15) is 18.9 Å². The van der Waals surface area contributed by atoms with Gasteiger partial charge in [0.05, 0.1) is 13.7 Å². The van der Waals surface area contributed by atoms with Gasteiger partial charge in [-0.1, -0.05) is 13.0 Å². The molecular weight excluding hydrogens is 164 g/mol. The lowest BCUT2D eigenvalue weighted by molar-refractivity contribution is 0.294. The average molecular weight is 180 g/mol. The standard InChI is InChI=1S/C11H16O2/c1-4-7-13-11-8-9(2)5-6-10(11)12-3/h5-6,8H,4,7H2,1-3H3. The summed E-state index contributed by atoms with van der Waals surface area (Å²) in [6.07, 6.45) is 1.01. The summed E-state index contributed by atoms with van der Waals surface area (Å²) in [5.41, 5.74) is 1.19. The highest BCUT2D eigenvalue weighted by molar-refractivity contribution is 5.42. The molecule has 0 radical (unpaired) electrons. The molecule has 2 nitrogen and oxygen atoms in total. The summed E-state index contributed by atoms with van der Waals surface area (Å²) in [6.45, 7) is 4.86. The van der Waals surface area contributed by atoms with Crippen LogP contribution in [0.2, 0.25) is 0 Å². The molecule has 0 aliphatic heterocycles. The topological polar surface area (TPSA) is 18.5 Å². The Balaban J connectivity index is 2.81. The van der Waals surface area contributed by atoms with Crippen LogP contribution in [0.15, 0.2) is 18.2 Å². The summed E-state index contributed by atoms with van der Waals surface area (Å²) in [5, 5.41) is 0. The molecule has 72 valence electrons. The summed E-state index contributed by atoms with van der Waals surface area (Å²) in [4.78, 5) is 0. The molecule has 0 N–H and O–H groups in total. The molecule has 0 amide bonds. The Morgan fingerprint density at radius 1 is 1.23 bits per heavy atom. The molecule has 0 heterocycles. The normalized spacial score (nSPS) is 9.77. The number of benzene rings is 1. The number of aryl methyl sites for hydroxylation is 1. The second-order valence-electron chi connectivity index (χ2n) is 3.00. The first-order valence-corrected chi connectivity index (χ1v) is 4.55. The van der Waals surface area contributed by atoms with E-state index in [0.717, 1.165) is 24.5 Å². The lowest BCUT2D eigenvalue weighted by Crippen LogP contribution is -1.97. The number of methoxy groups -OCH3 is 1. The maximum atomic E-state index is 5.53. The zero-order valence-corrected chi connectivity index (χ0v) is 8.46. The zero-order valence-electron chi connectivity index (χ0n) is 8.46. The third-order valence-corrected chi connectivity index (χ3v) is 1.78. The van der Waals surface area contributed by atoms with Crippen molar-refractivity contribution in [2.75, 3.05) is 13.7 Å². The highest BCUT2D eigenvalue weighted by Crippen LogP contribution is 2.27. The Bertz CT molecular complexity index is 269. The van der Waals surface area contributed by atoms with E-state index < -0.39 is 0 Å². The first kappa shape index (κ1) is 9.90. The van der Waals surface area contributed by atoms with Gasteiger partial charge in [0.2, 0.25) is 0 Å². The summed E-state index contributed by atoms with van der Waals surface area (Å²) < 4.78 is 10.7. The van der Waals surface area contributed by atoms with Gasteiger partial charge in [-0.3, -0.25) is 0 Å². The van der Waals surface area contributed by atoms with Crippen molar-refractivity contribution in [2.24, 2.45) is 0 Å². The molecule has 0 aliphatic carbocycles. The lowest BCUT2D eigenvalue weighted by Gasteiger charge is -2.10. The monoisotopic (exact) mass is 180 g/mol. The molecule has 0 unspecified atom stereocenters. The Kier molecular flexibility index (Phi) is 3.62. The molecule has 0 atom stereocenters. The molecule has 0 saturated heterocycles. The van der Waals surface area contributed by atoms with Gasteiger partial charge >= 0.3 is 0 Å². The van der Waals surface area contributed by atoms with E-state index in [0.29, 0.717) is 0 Å². The number of rotatable bonds is 4. The molecule has 1 rings (SSSR count). The number of ether oxygens (including phenoxy) is 2. The van der Waals surface area contributed by atoms with E-state index in [-0.39, 0.29) is 0 Å². The van der Waals surface area contributed by atoms with E-state index in [1.54, 1.807) is 7.11 Å². The van der Waals surface area contributed by atoms with Crippen LogP contribution >= 0.6 is 0 Å². The lowest BCUT2D eigenvalue weighted by atomic mass is 10.2. The molecule has 0 aliphatic rings. The molecule has 0 fully saturated rings. The van der Waals surface area contributed by atoms with Crippen LogP contribution < -0.4 is 9.47 Å². The average Bonchev–Trinajstić information content (AvgIpc) is 2.15. The van der Waals surface area contributed by atoms with Crippen molar-refractivity contribution in [2.45, 2.75) is 20.3 Å². The second kappa shape index (κ2) is 4.75. The maximum Gasteiger partial charge on any atom is 0.161 e. The van der Waals surface area contributed by atoms with E-state index in [4.69, 9.17) is 9.47 Å². The molecule has 0 spiro atoms. The van der Waals surface area contributed by atoms with Crippen molar-refractivity contribution in [3.63, 3.8) is 0 Å². The minimum Gasteiger partial charge on any atom is -0.493 e. The van der Waals surface area contributed by atoms with Gasteiger partial charge in [0.25, 0.3) is 0 Å². The van der Waals surface area contributed by atoms with E-state index in [1.807, 2.05) is 25.1 Å². The third-order valence-electron chi connectivity index (χ3n) is 1.78. The van der Waals surface area contributed by atoms with Crippen LogP contribution in [-0.4, -0.2) is 13.7 Å². The molecule has 0 saturated carbocycles. The van der Waals surface area contributed by atoms with Crippen LogP contribution in [0.25, 0.3) is 0 Å². The minimum absolute atomic E-state index is 0.736. The SMILES string of the molecule is CCCOc1cc(C)ccc1OC. The summed E-state index contributed by atoms with van der Waals surface area (Å²) >= 11 is 0. The van der Waals surface area contributed by atoms with Crippen LogP contribution in [0, 0.1) is 6.92 Å². The van der Waals surface area contributed by atoms with Crippen molar-refractivity contribution < 1.29 is 9.47 Å². The van der Waals surface area contributed by atoms with Crippen molar-refractivity contribution in [1.82, 2.24) is 0 Å². The van der Waals surface area contributed by atoms with Crippen molar-refractivity contribution in [1.29, 1.82) is 0 Å². The van der Waals surface area contributed by atoms with Gasteiger partial charge in [0.1, 0.15) is 0 Å². The smallest absolute Gasteiger partial charge is 0.161 e. The summed E-state index contributed by atoms with van der Waals surface area (Å²) in [7, 11) is 1.66. The zero-order chi connectivity index (χ0) is 9.68. The van der Waals surface area contributed by atoms with E-state index in [1.165, 1.54) is 5.56 Å². The molecule has 0 aromatic heterocycles. The van der Waals surface area contributed by atoms with E-state index in [2.05, 4.69) is 6.92 Å². The Hall–Kier alpha value is -1.18. The minimum atomic E-state index is 0.736. The Morgan fingerprint density at radius 2 is 2.00 bits per heavy atom. The van der Waals surface area contributed by atoms with Crippen molar-refractivity contribution in [3.05, 3.63) is 23.8 Å². The Labute approximate surface area is 79.5 Å². The van der Waals surface area contributed by atoms with Crippen LogP contribution in [0.4, 0.5) is 0 Å². The predicted molar refractivity (Wildman–Crippen MR) is 53.5 cm³/mol. The third kappa shape index (κ3) is 2.65. The fourth-order valence-electron chi connectivity index (χ4n) is 1.11. The van der Waals surface area contributed by atoms with Gasteiger partial charge in [0, 0.05) is 0 Å². The van der Waals surface area contributed by atoms with E-state index in [9.17, 15) is 0 Å². The highest BCUT2D eigenvalue weighted by atomic mass is 16.5. The molecule has 1 aromatic rings. The molecule has 0 bridgehead atoms. The molecular formula is C11H16O2. The number of hydrogen-bond donors (Lipinski definition) is 0. The van der Waals surface area contributed by atoms with Gasteiger partial charge in [-0.15, -0.1) is 0 Å². The molecule has 13 heavy (non-hydrogen) atoms. The number of hydrogen-bond acceptors (Lipinski definition) is 2. The summed E-state index contributed by atoms with van der Waals surface area (Å²) in [6, 6.07) is 5.94. The van der Waals surface area contributed by atoms with E-state index >= 15 is 0 Å². The van der Waals surface area contributed by atoms with Gasteiger partial charge in [-0.2, -0.15) is 0 Å². The highest BCUT2D eigenvalue weighted by Gasteiger charge is 2.02.